The minimum absolute atomic E-state index is 0.0530. The van der Waals surface area contributed by atoms with Crippen molar-refractivity contribution < 1.29 is 13.6 Å². The molecule has 210 valence electrons. The monoisotopic (exact) mass is 572 g/mol. The Kier molecular flexibility index (Phi) is 8.95. The van der Waals surface area contributed by atoms with Crippen molar-refractivity contribution in [3.8, 4) is 11.3 Å². The highest BCUT2D eigenvalue weighted by atomic mass is 35.5. The van der Waals surface area contributed by atoms with Crippen LogP contribution < -0.4 is 10.9 Å². The van der Waals surface area contributed by atoms with E-state index in [9.17, 15) is 9.18 Å². The molecule has 39 heavy (non-hydrogen) atoms. The SMILES string of the molecule is Cc1cnc(NC2CCOCC2)nc1-c1ccn(CC(O[Si](C)(C)C(C)(C)C)c2ccc(Cl)c(F)c2)c(=O)c1. The van der Waals surface area contributed by atoms with Gasteiger partial charge in [-0.15, -0.1) is 0 Å². The first-order valence-corrected chi connectivity index (χ1v) is 16.6. The third kappa shape index (κ3) is 7.14. The summed E-state index contributed by atoms with van der Waals surface area (Å²) in [6.45, 7) is 14.3. The highest BCUT2D eigenvalue weighted by molar-refractivity contribution is 6.74. The maximum Gasteiger partial charge on any atom is 0.251 e. The molecule has 0 spiro atoms. The fraction of sp³-hybridized carbons (Fsp3) is 0.483. The molecule has 1 atom stereocenters. The van der Waals surface area contributed by atoms with Crippen molar-refractivity contribution in [1.82, 2.24) is 14.5 Å². The first-order valence-electron chi connectivity index (χ1n) is 13.4. The van der Waals surface area contributed by atoms with E-state index >= 15 is 0 Å². The van der Waals surface area contributed by atoms with Crippen LogP contribution in [0.2, 0.25) is 23.2 Å². The van der Waals surface area contributed by atoms with E-state index in [-0.39, 0.29) is 28.2 Å². The van der Waals surface area contributed by atoms with E-state index in [4.69, 9.17) is 25.7 Å². The highest BCUT2D eigenvalue weighted by Gasteiger charge is 2.39. The van der Waals surface area contributed by atoms with Gasteiger partial charge >= 0.3 is 0 Å². The van der Waals surface area contributed by atoms with Crippen LogP contribution in [0.25, 0.3) is 11.3 Å². The van der Waals surface area contributed by atoms with Crippen molar-refractivity contribution >= 4 is 25.9 Å². The van der Waals surface area contributed by atoms with Crippen molar-refractivity contribution in [1.29, 1.82) is 0 Å². The van der Waals surface area contributed by atoms with E-state index in [1.165, 1.54) is 12.1 Å². The van der Waals surface area contributed by atoms with Crippen LogP contribution in [-0.2, 0) is 15.7 Å². The van der Waals surface area contributed by atoms with Gasteiger partial charge in [-0.2, -0.15) is 0 Å². The third-order valence-corrected chi connectivity index (χ3v) is 12.5. The summed E-state index contributed by atoms with van der Waals surface area (Å²) in [5, 5.41) is 3.38. The molecule has 7 nitrogen and oxygen atoms in total. The normalized spacial score (nSPS) is 15.8. The Labute approximate surface area is 235 Å². The van der Waals surface area contributed by atoms with Gasteiger partial charge in [0.15, 0.2) is 8.32 Å². The van der Waals surface area contributed by atoms with E-state index in [1.54, 1.807) is 29.1 Å². The number of aryl methyl sites for hydroxylation is 1. The van der Waals surface area contributed by atoms with Crippen LogP contribution >= 0.6 is 11.6 Å². The molecule has 1 fully saturated rings. The summed E-state index contributed by atoms with van der Waals surface area (Å²) >= 11 is 5.95. The molecule has 3 heterocycles. The molecular formula is C29H38ClFN4O3Si. The van der Waals surface area contributed by atoms with E-state index in [1.807, 2.05) is 13.0 Å². The van der Waals surface area contributed by atoms with Gasteiger partial charge in [0.1, 0.15) is 5.82 Å². The van der Waals surface area contributed by atoms with Gasteiger partial charge < -0.3 is 19.0 Å². The van der Waals surface area contributed by atoms with Crippen molar-refractivity contribution in [2.45, 2.75) is 77.4 Å². The van der Waals surface area contributed by atoms with Crippen LogP contribution in [-0.4, -0.2) is 42.1 Å². The summed E-state index contributed by atoms with van der Waals surface area (Å²) in [6, 6.07) is 8.42. The van der Waals surface area contributed by atoms with Crippen LogP contribution in [0.3, 0.4) is 0 Å². The minimum Gasteiger partial charge on any atom is -0.408 e. The predicted molar refractivity (Wildman–Crippen MR) is 156 cm³/mol. The molecule has 1 unspecified atom stereocenters. The molecular weight excluding hydrogens is 535 g/mol. The maximum atomic E-state index is 14.4. The molecule has 2 aromatic heterocycles. The zero-order valence-corrected chi connectivity index (χ0v) is 25.3. The van der Waals surface area contributed by atoms with Crippen LogP contribution in [0.5, 0.6) is 0 Å². The van der Waals surface area contributed by atoms with E-state index in [2.05, 4.69) is 44.2 Å². The largest absolute Gasteiger partial charge is 0.408 e. The summed E-state index contributed by atoms with van der Waals surface area (Å²) in [5.74, 6) is 0.0318. The Morgan fingerprint density at radius 2 is 1.95 bits per heavy atom. The van der Waals surface area contributed by atoms with E-state index in [0.717, 1.165) is 31.6 Å². The third-order valence-electron chi connectivity index (χ3n) is 7.72. The Hall–Kier alpha value is -2.59. The van der Waals surface area contributed by atoms with Gasteiger partial charge in [0.25, 0.3) is 5.56 Å². The summed E-state index contributed by atoms with van der Waals surface area (Å²) in [7, 11) is -2.25. The molecule has 3 aromatic rings. The second-order valence-corrected chi connectivity index (χ2v) is 16.9. The lowest BCUT2D eigenvalue weighted by molar-refractivity contribution is 0.0903. The number of rotatable bonds is 8. The molecule has 1 N–H and O–H groups in total. The van der Waals surface area contributed by atoms with Gasteiger partial charge in [-0.05, 0) is 67.2 Å². The fourth-order valence-corrected chi connectivity index (χ4v) is 5.66. The second-order valence-electron chi connectivity index (χ2n) is 11.7. The Bertz CT molecular complexity index is 1370. The van der Waals surface area contributed by atoms with Crippen molar-refractivity contribution in [3.63, 3.8) is 0 Å². The first-order chi connectivity index (χ1) is 18.3. The number of nitrogens with one attached hydrogen (secondary N) is 1. The number of aromatic nitrogens is 3. The average Bonchev–Trinajstić information content (AvgIpc) is 2.87. The molecule has 0 radical (unpaired) electrons. The first kappa shape index (κ1) is 29.4. The molecule has 0 aliphatic carbocycles. The topological polar surface area (TPSA) is 78.3 Å². The van der Waals surface area contributed by atoms with Crippen molar-refractivity contribution in [3.05, 3.63) is 75.0 Å². The van der Waals surface area contributed by atoms with Gasteiger partial charge in [-0.3, -0.25) is 4.79 Å². The predicted octanol–water partition coefficient (Wildman–Crippen LogP) is 6.76. The van der Waals surface area contributed by atoms with Crippen LogP contribution in [0.4, 0.5) is 10.3 Å². The number of pyridine rings is 1. The van der Waals surface area contributed by atoms with Gasteiger partial charge in [-0.25, -0.2) is 14.4 Å². The Balaban J connectivity index is 1.62. The number of ether oxygens (including phenoxy) is 1. The number of anilines is 1. The van der Waals surface area contributed by atoms with Gasteiger partial charge in [0, 0.05) is 43.3 Å². The fourth-order valence-electron chi connectivity index (χ4n) is 4.27. The van der Waals surface area contributed by atoms with Gasteiger partial charge in [-0.1, -0.05) is 38.4 Å². The van der Waals surface area contributed by atoms with E-state index in [0.29, 0.717) is 22.8 Å². The number of halogens is 2. The Morgan fingerprint density at radius 3 is 2.59 bits per heavy atom. The molecule has 1 aliphatic heterocycles. The summed E-state index contributed by atoms with van der Waals surface area (Å²) < 4.78 is 28.1. The lowest BCUT2D eigenvalue weighted by atomic mass is 10.1. The Morgan fingerprint density at radius 1 is 1.23 bits per heavy atom. The lowest BCUT2D eigenvalue weighted by Gasteiger charge is -2.39. The van der Waals surface area contributed by atoms with Gasteiger partial charge in [0.05, 0.1) is 23.4 Å². The quantitative estimate of drug-likeness (QED) is 0.300. The molecule has 0 bridgehead atoms. The molecule has 0 amide bonds. The van der Waals surface area contributed by atoms with Crippen molar-refractivity contribution in [2.24, 2.45) is 0 Å². The molecule has 1 aliphatic rings. The standard InChI is InChI=1S/C29H38ClFN4O3Si/c1-19-17-32-28(33-22-10-13-37-14-11-22)34-27(19)21-9-12-35(26(36)16-21)18-25(38-39(5,6)29(2,3)4)20-7-8-23(30)24(31)15-20/h7-9,12,15-17,22,25H,10-11,13-14,18H2,1-6H3,(H,32,33,34). The molecule has 10 heteroatoms. The average molecular weight is 573 g/mol. The molecule has 4 rings (SSSR count). The zero-order chi connectivity index (χ0) is 28.4. The lowest BCUT2D eigenvalue weighted by Crippen LogP contribution is -2.43. The van der Waals surface area contributed by atoms with E-state index < -0.39 is 20.2 Å². The zero-order valence-electron chi connectivity index (χ0n) is 23.6. The molecule has 1 aromatic carbocycles. The van der Waals surface area contributed by atoms with Crippen LogP contribution in [0.15, 0.2) is 47.5 Å². The smallest absolute Gasteiger partial charge is 0.251 e. The summed E-state index contributed by atoms with van der Waals surface area (Å²) in [6.07, 6.45) is 4.81. The van der Waals surface area contributed by atoms with Crippen LogP contribution in [0, 0.1) is 12.7 Å². The number of hydrogen-bond acceptors (Lipinski definition) is 6. The number of nitrogens with zero attached hydrogens (tertiary/aromatic N) is 3. The summed E-state index contributed by atoms with van der Waals surface area (Å²) in [4.78, 5) is 22.5. The van der Waals surface area contributed by atoms with Crippen LogP contribution in [0.1, 0.15) is 50.8 Å². The molecule has 0 saturated carbocycles. The van der Waals surface area contributed by atoms with Crippen molar-refractivity contribution in [2.75, 3.05) is 18.5 Å². The second kappa shape index (κ2) is 11.9. The number of hydrogen-bond donors (Lipinski definition) is 1. The highest BCUT2D eigenvalue weighted by Crippen LogP contribution is 2.40. The maximum absolute atomic E-state index is 14.4. The van der Waals surface area contributed by atoms with Gasteiger partial charge in [0.2, 0.25) is 5.95 Å². The number of benzene rings is 1. The minimum atomic E-state index is -2.25. The molecule has 1 saturated heterocycles. The summed E-state index contributed by atoms with van der Waals surface area (Å²) in [5.41, 5.74) is 2.75.